The maximum atomic E-state index is 13.3. The number of ether oxygens (including phenoxy) is 1. The first-order valence-electron chi connectivity index (χ1n) is 9.00. The molecule has 0 aliphatic carbocycles. The summed E-state index contributed by atoms with van der Waals surface area (Å²) in [6.45, 7) is 5.00. The topological polar surface area (TPSA) is 41.6 Å². The largest absolute Gasteiger partial charge is 0.497 e. The highest BCUT2D eigenvalue weighted by Gasteiger charge is 2.44. The summed E-state index contributed by atoms with van der Waals surface area (Å²) in [5, 5.41) is 3.67. The molecule has 0 aromatic heterocycles. The summed E-state index contributed by atoms with van der Waals surface area (Å²) in [6.07, 6.45) is 2.81. The van der Waals surface area contributed by atoms with E-state index in [-0.39, 0.29) is 5.91 Å². The lowest BCUT2D eigenvalue weighted by Crippen LogP contribution is -2.57. The number of benzene rings is 2. The molecule has 1 aliphatic rings. The molecule has 1 amide bonds. The first-order valence-corrected chi connectivity index (χ1v) is 9.00. The van der Waals surface area contributed by atoms with E-state index in [9.17, 15) is 4.79 Å². The Morgan fingerprint density at radius 3 is 2.44 bits per heavy atom. The molecule has 4 nitrogen and oxygen atoms in total. The van der Waals surface area contributed by atoms with E-state index in [0.29, 0.717) is 0 Å². The molecule has 1 N–H and O–H groups in total. The van der Waals surface area contributed by atoms with Gasteiger partial charge in [0.25, 0.3) is 5.91 Å². The molecule has 1 unspecified atom stereocenters. The summed E-state index contributed by atoms with van der Waals surface area (Å²) in [4.78, 5) is 15.3. The number of nitrogens with zero attached hydrogens (tertiary/aromatic N) is 1. The molecule has 0 bridgehead atoms. The Morgan fingerprint density at radius 1 is 1.08 bits per heavy atom. The number of unbranched alkanes of at least 4 members (excludes halogenated alkanes) is 1. The van der Waals surface area contributed by atoms with Crippen molar-refractivity contribution in [2.75, 3.05) is 19.0 Å². The van der Waals surface area contributed by atoms with E-state index in [1.54, 1.807) is 7.11 Å². The smallest absolute Gasteiger partial charge is 0.258 e. The summed E-state index contributed by atoms with van der Waals surface area (Å²) >= 11 is 0. The number of para-hydroxylation sites is 1. The van der Waals surface area contributed by atoms with Crippen LogP contribution in [0.5, 0.6) is 5.75 Å². The van der Waals surface area contributed by atoms with E-state index in [2.05, 4.69) is 31.3 Å². The van der Waals surface area contributed by atoms with Crippen LogP contribution in [0.15, 0.2) is 48.5 Å². The number of carbonyl (C=O) groups excluding carboxylic acids is 1. The lowest BCUT2D eigenvalue weighted by molar-refractivity contribution is 0.0478. The van der Waals surface area contributed by atoms with E-state index in [1.807, 2.05) is 41.3 Å². The fourth-order valence-electron chi connectivity index (χ4n) is 3.57. The first-order chi connectivity index (χ1) is 12.2. The van der Waals surface area contributed by atoms with Crippen molar-refractivity contribution in [1.29, 1.82) is 0 Å². The van der Waals surface area contributed by atoms with Crippen LogP contribution in [0.1, 0.15) is 49.0 Å². The van der Waals surface area contributed by atoms with Gasteiger partial charge in [0.15, 0.2) is 0 Å². The molecule has 1 heterocycles. The number of carbonyl (C=O) groups is 1. The summed E-state index contributed by atoms with van der Waals surface area (Å²) in [5.74, 6) is 0.915. The maximum Gasteiger partial charge on any atom is 0.258 e. The third-order valence-electron chi connectivity index (χ3n) is 5.02. The number of hydrogen-bond donors (Lipinski definition) is 1. The Balaban J connectivity index is 2.11. The van der Waals surface area contributed by atoms with Crippen LogP contribution < -0.4 is 10.1 Å². The summed E-state index contributed by atoms with van der Waals surface area (Å²) in [6, 6.07) is 15.8. The van der Waals surface area contributed by atoms with Crippen molar-refractivity contribution in [1.82, 2.24) is 4.90 Å². The lowest BCUT2D eigenvalue weighted by Gasteiger charge is -2.48. The van der Waals surface area contributed by atoms with Gasteiger partial charge in [-0.25, -0.2) is 0 Å². The second kappa shape index (κ2) is 7.18. The number of methoxy groups -OCH3 is 1. The van der Waals surface area contributed by atoms with E-state index in [0.717, 1.165) is 48.4 Å². The molecular formula is C21H26N2O2. The highest BCUT2D eigenvalue weighted by atomic mass is 16.5. The lowest BCUT2D eigenvalue weighted by atomic mass is 9.89. The monoisotopic (exact) mass is 338 g/mol. The van der Waals surface area contributed by atoms with Gasteiger partial charge in [0.1, 0.15) is 11.4 Å². The van der Waals surface area contributed by atoms with Crippen molar-refractivity contribution in [2.24, 2.45) is 0 Å². The molecule has 1 atom stereocenters. The zero-order valence-corrected chi connectivity index (χ0v) is 15.2. The van der Waals surface area contributed by atoms with Crippen molar-refractivity contribution < 1.29 is 9.53 Å². The molecular weight excluding hydrogens is 312 g/mol. The molecule has 0 fully saturated rings. The van der Waals surface area contributed by atoms with Crippen LogP contribution in [0.4, 0.5) is 5.69 Å². The van der Waals surface area contributed by atoms with Gasteiger partial charge in [0, 0.05) is 12.2 Å². The third-order valence-corrected chi connectivity index (χ3v) is 5.02. The molecule has 1 aliphatic heterocycles. The van der Waals surface area contributed by atoms with E-state index < -0.39 is 5.66 Å². The quantitative estimate of drug-likeness (QED) is 0.835. The standard InChI is InChI=1S/C21H26N2O2/c1-4-6-15-23-20(24)18-9-7-8-10-19(18)22-21(23,5-2)16-11-13-17(25-3)14-12-16/h7-14,22H,4-6,15H2,1-3H3. The minimum Gasteiger partial charge on any atom is -0.497 e. The van der Waals surface area contributed by atoms with Gasteiger partial charge < -0.3 is 15.0 Å². The van der Waals surface area contributed by atoms with E-state index >= 15 is 0 Å². The van der Waals surface area contributed by atoms with Crippen molar-refractivity contribution in [3.8, 4) is 5.75 Å². The number of nitrogens with one attached hydrogen (secondary N) is 1. The zero-order valence-electron chi connectivity index (χ0n) is 15.2. The Morgan fingerprint density at radius 2 is 1.80 bits per heavy atom. The van der Waals surface area contributed by atoms with Crippen LogP contribution >= 0.6 is 0 Å². The normalized spacial score (nSPS) is 19.3. The molecule has 3 rings (SSSR count). The Bertz CT molecular complexity index is 742. The van der Waals surface area contributed by atoms with Gasteiger partial charge in [-0.3, -0.25) is 4.79 Å². The Kier molecular flexibility index (Phi) is 4.98. The van der Waals surface area contributed by atoms with Crippen molar-refractivity contribution in [3.05, 3.63) is 59.7 Å². The molecule has 0 radical (unpaired) electrons. The molecule has 0 saturated carbocycles. The minimum absolute atomic E-state index is 0.0977. The first kappa shape index (κ1) is 17.3. The van der Waals surface area contributed by atoms with Gasteiger partial charge in [0.05, 0.1) is 12.7 Å². The van der Waals surface area contributed by atoms with Crippen LogP contribution in [-0.2, 0) is 5.66 Å². The number of anilines is 1. The van der Waals surface area contributed by atoms with Crippen LogP contribution in [-0.4, -0.2) is 24.5 Å². The third kappa shape index (κ3) is 2.97. The van der Waals surface area contributed by atoms with Crippen molar-refractivity contribution >= 4 is 11.6 Å². The van der Waals surface area contributed by atoms with Crippen molar-refractivity contribution in [3.63, 3.8) is 0 Å². The molecule has 4 heteroatoms. The SMILES string of the molecule is CCCCN1C(=O)c2ccccc2NC1(CC)c1ccc(OC)cc1. The fourth-order valence-corrected chi connectivity index (χ4v) is 3.57. The molecule has 2 aromatic carbocycles. The predicted octanol–water partition coefficient (Wildman–Crippen LogP) is 4.63. The van der Waals surface area contributed by atoms with Crippen LogP contribution in [0.2, 0.25) is 0 Å². The second-order valence-electron chi connectivity index (χ2n) is 6.42. The highest BCUT2D eigenvalue weighted by molar-refractivity contribution is 6.02. The van der Waals surface area contributed by atoms with Gasteiger partial charge in [-0.1, -0.05) is 44.5 Å². The fraction of sp³-hybridized carbons (Fsp3) is 0.381. The number of rotatable bonds is 6. The summed E-state index contributed by atoms with van der Waals surface area (Å²) < 4.78 is 5.29. The van der Waals surface area contributed by atoms with Gasteiger partial charge >= 0.3 is 0 Å². The van der Waals surface area contributed by atoms with E-state index in [4.69, 9.17) is 4.74 Å². The predicted molar refractivity (Wildman–Crippen MR) is 101 cm³/mol. The van der Waals surface area contributed by atoms with Crippen molar-refractivity contribution in [2.45, 2.75) is 38.8 Å². The average Bonchev–Trinajstić information content (AvgIpc) is 2.67. The Hall–Kier alpha value is -2.49. The maximum absolute atomic E-state index is 13.3. The van der Waals surface area contributed by atoms with Crippen LogP contribution in [0.25, 0.3) is 0 Å². The number of amides is 1. The van der Waals surface area contributed by atoms with Gasteiger partial charge in [0.2, 0.25) is 0 Å². The zero-order chi connectivity index (χ0) is 17.9. The number of hydrogen-bond acceptors (Lipinski definition) is 3. The molecule has 0 spiro atoms. The second-order valence-corrected chi connectivity index (χ2v) is 6.42. The van der Waals surface area contributed by atoms with Crippen LogP contribution in [0, 0.1) is 0 Å². The average molecular weight is 338 g/mol. The Labute approximate surface area is 149 Å². The molecule has 2 aromatic rings. The van der Waals surface area contributed by atoms with E-state index in [1.165, 1.54) is 0 Å². The minimum atomic E-state index is -0.535. The molecule has 0 saturated heterocycles. The van der Waals surface area contributed by atoms with Gasteiger partial charge in [-0.15, -0.1) is 0 Å². The molecule has 132 valence electrons. The number of fused-ring (bicyclic) bond motifs is 1. The molecule has 25 heavy (non-hydrogen) atoms. The summed E-state index contributed by atoms with van der Waals surface area (Å²) in [7, 11) is 1.66. The summed E-state index contributed by atoms with van der Waals surface area (Å²) in [5.41, 5.74) is 2.19. The van der Waals surface area contributed by atoms with Gasteiger partial charge in [-0.2, -0.15) is 0 Å². The highest BCUT2D eigenvalue weighted by Crippen LogP contribution is 2.40. The van der Waals surface area contributed by atoms with Gasteiger partial charge in [-0.05, 0) is 42.7 Å². The van der Waals surface area contributed by atoms with Crippen LogP contribution in [0.3, 0.4) is 0 Å².